The molecular weight excluding hydrogens is 502 g/mol. The summed E-state index contributed by atoms with van der Waals surface area (Å²) in [5.41, 5.74) is 2.43. The average Bonchev–Trinajstić information content (AvgIpc) is 3.23. The molecule has 0 unspecified atom stereocenters. The molecule has 0 aliphatic carbocycles. The van der Waals surface area contributed by atoms with E-state index in [0.717, 1.165) is 22.9 Å². The third kappa shape index (κ3) is 6.80. The molecule has 1 atom stereocenters. The van der Waals surface area contributed by atoms with Crippen molar-refractivity contribution in [1.82, 2.24) is 9.88 Å². The molecule has 3 aromatic carbocycles. The number of para-hydroxylation sites is 1. The number of aromatic nitrogens is 1. The summed E-state index contributed by atoms with van der Waals surface area (Å²) in [6.45, 7) is 5.05. The van der Waals surface area contributed by atoms with Crippen molar-refractivity contribution in [3.05, 3.63) is 96.2 Å². The number of carboxylic acids is 1. The highest BCUT2D eigenvalue weighted by Gasteiger charge is 2.21. The predicted molar refractivity (Wildman–Crippen MR) is 149 cm³/mol. The molecule has 200 valence electrons. The molecule has 1 heterocycles. The van der Waals surface area contributed by atoms with E-state index in [9.17, 15) is 23.4 Å². The first-order chi connectivity index (χ1) is 18.0. The highest BCUT2D eigenvalue weighted by atomic mass is 32.2. The number of hydrogen-bond donors (Lipinski definition) is 4. The van der Waals surface area contributed by atoms with E-state index in [1.54, 1.807) is 42.5 Å². The number of aliphatic carboxylic acids is 1. The molecule has 0 amide bonds. The standard InChI is InChI=1S/C29H33N3O5S/c1-29(2,15-16-32-20-22(18-28(34)35)25-13-6-7-14-26(25)32)30-19-27(33)21-9-8-10-23(17-21)31-38(36,37)24-11-4-3-5-12-24/h3-14,17,20,27,30-31,33H,15-16,18-19H2,1-2H3,(H,34,35)/t27-/m0/s1. The minimum absolute atomic E-state index is 0.0259. The Balaban J connectivity index is 1.38. The van der Waals surface area contributed by atoms with E-state index in [4.69, 9.17) is 0 Å². The predicted octanol–water partition coefficient (Wildman–Crippen LogP) is 4.56. The van der Waals surface area contributed by atoms with Crippen molar-refractivity contribution in [2.24, 2.45) is 0 Å². The van der Waals surface area contributed by atoms with Crippen LogP contribution in [0, 0.1) is 0 Å². The maximum atomic E-state index is 12.6. The van der Waals surface area contributed by atoms with Crippen LogP contribution >= 0.6 is 0 Å². The summed E-state index contributed by atoms with van der Waals surface area (Å²) >= 11 is 0. The molecule has 8 nitrogen and oxygen atoms in total. The van der Waals surface area contributed by atoms with Crippen LogP contribution in [-0.2, 0) is 27.8 Å². The zero-order chi connectivity index (χ0) is 27.3. The van der Waals surface area contributed by atoms with Crippen LogP contribution in [0.3, 0.4) is 0 Å². The molecule has 4 rings (SSSR count). The van der Waals surface area contributed by atoms with Crippen molar-refractivity contribution < 1.29 is 23.4 Å². The lowest BCUT2D eigenvalue weighted by atomic mass is 9.99. The summed E-state index contributed by atoms with van der Waals surface area (Å²) in [4.78, 5) is 11.4. The molecule has 38 heavy (non-hydrogen) atoms. The number of aliphatic hydroxyl groups excluding tert-OH is 1. The molecule has 1 aromatic heterocycles. The largest absolute Gasteiger partial charge is 0.481 e. The highest BCUT2D eigenvalue weighted by Crippen LogP contribution is 2.25. The Kier molecular flexibility index (Phi) is 8.20. The molecule has 0 fully saturated rings. The third-order valence-electron chi connectivity index (χ3n) is 6.54. The van der Waals surface area contributed by atoms with Gasteiger partial charge in [-0.05, 0) is 61.7 Å². The van der Waals surface area contributed by atoms with Crippen LogP contribution in [0.15, 0.2) is 90.0 Å². The number of benzene rings is 3. The summed E-state index contributed by atoms with van der Waals surface area (Å²) in [7, 11) is -3.73. The molecule has 0 aliphatic rings. The maximum absolute atomic E-state index is 12.6. The zero-order valence-corrected chi connectivity index (χ0v) is 22.3. The van der Waals surface area contributed by atoms with Gasteiger partial charge in [-0.15, -0.1) is 0 Å². The molecular formula is C29H33N3O5S. The molecule has 0 spiro atoms. The second-order valence-corrected chi connectivity index (χ2v) is 11.7. The van der Waals surface area contributed by atoms with E-state index < -0.39 is 22.1 Å². The Labute approximate surface area is 223 Å². The van der Waals surface area contributed by atoms with E-state index >= 15 is 0 Å². The van der Waals surface area contributed by atoms with E-state index in [1.807, 2.05) is 44.3 Å². The van der Waals surface area contributed by atoms with Gasteiger partial charge in [-0.2, -0.15) is 0 Å². The minimum atomic E-state index is -3.73. The Bertz CT molecular complexity index is 1510. The average molecular weight is 536 g/mol. The second kappa shape index (κ2) is 11.4. The highest BCUT2D eigenvalue weighted by molar-refractivity contribution is 7.92. The van der Waals surface area contributed by atoms with Crippen molar-refractivity contribution in [3.8, 4) is 0 Å². The van der Waals surface area contributed by atoms with Gasteiger partial charge < -0.3 is 20.1 Å². The molecule has 0 radical (unpaired) electrons. The lowest BCUT2D eigenvalue weighted by molar-refractivity contribution is -0.136. The van der Waals surface area contributed by atoms with E-state index in [-0.39, 0.29) is 23.4 Å². The Morgan fingerprint density at radius 2 is 1.71 bits per heavy atom. The minimum Gasteiger partial charge on any atom is -0.481 e. The van der Waals surface area contributed by atoms with E-state index in [1.165, 1.54) is 12.1 Å². The van der Waals surface area contributed by atoms with Gasteiger partial charge in [-0.25, -0.2) is 8.42 Å². The molecule has 0 bridgehead atoms. The van der Waals surface area contributed by atoms with Crippen molar-refractivity contribution >= 4 is 32.6 Å². The number of sulfonamides is 1. The van der Waals surface area contributed by atoms with Crippen molar-refractivity contribution in [2.75, 3.05) is 11.3 Å². The van der Waals surface area contributed by atoms with Gasteiger partial charge in [0.15, 0.2) is 0 Å². The lowest BCUT2D eigenvalue weighted by Crippen LogP contribution is -2.42. The van der Waals surface area contributed by atoms with Crippen LogP contribution in [0.2, 0.25) is 0 Å². The number of carbonyl (C=O) groups is 1. The summed E-state index contributed by atoms with van der Waals surface area (Å²) in [6, 6.07) is 22.7. The van der Waals surface area contributed by atoms with Crippen molar-refractivity contribution in [2.45, 2.75) is 49.8 Å². The fraction of sp³-hybridized carbons (Fsp3) is 0.276. The van der Waals surface area contributed by atoms with Crippen LogP contribution in [0.1, 0.15) is 37.5 Å². The number of fused-ring (bicyclic) bond motifs is 1. The number of aryl methyl sites for hydroxylation is 1. The second-order valence-electron chi connectivity index (χ2n) is 10.0. The van der Waals surface area contributed by atoms with Gasteiger partial charge in [-0.3, -0.25) is 9.52 Å². The fourth-order valence-corrected chi connectivity index (χ4v) is 5.48. The third-order valence-corrected chi connectivity index (χ3v) is 7.94. The summed E-state index contributed by atoms with van der Waals surface area (Å²) in [5, 5.41) is 24.5. The van der Waals surface area contributed by atoms with Gasteiger partial charge in [0.25, 0.3) is 10.0 Å². The fourth-order valence-electron chi connectivity index (χ4n) is 4.41. The van der Waals surface area contributed by atoms with Crippen LogP contribution in [0.4, 0.5) is 5.69 Å². The topological polar surface area (TPSA) is 121 Å². The first-order valence-corrected chi connectivity index (χ1v) is 13.9. The normalized spacial score (nSPS) is 12.9. The molecule has 0 aliphatic heterocycles. The van der Waals surface area contributed by atoms with Crippen LogP contribution in [0.5, 0.6) is 0 Å². The number of anilines is 1. The Morgan fingerprint density at radius 3 is 2.45 bits per heavy atom. The van der Waals surface area contributed by atoms with Crippen LogP contribution in [-0.4, -0.2) is 41.3 Å². The zero-order valence-electron chi connectivity index (χ0n) is 21.5. The van der Waals surface area contributed by atoms with Gasteiger partial charge in [-0.1, -0.05) is 48.5 Å². The monoisotopic (exact) mass is 535 g/mol. The smallest absolute Gasteiger partial charge is 0.307 e. The number of rotatable bonds is 12. The van der Waals surface area contributed by atoms with E-state index in [0.29, 0.717) is 17.8 Å². The summed E-state index contributed by atoms with van der Waals surface area (Å²) in [6.07, 6.45) is 1.78. The number of nitrogens with one attached hydrogen (secondary N) is 2. The van der Waals surface area contributed by atoms with Gasteiger partial charge >= 0.3 is 5.97 Å². The number of nitrogens with zero attached hydrogens (tertiary/aromatic N) is 1. The van der Waals surface area contributed by atoms with Crippen molar-refractivity contribution in [3.63, 3.8) is 0 Å². The quantitative estimate of drug-likeness (QED) is 0.211. The molecule has 4 N–H and O–H groups in total. The Hall–Kier alpha value is -3.66. The Morgan fingerprint density at radius 1 is 1.00 bits per heavy atom. The van der Waals surface area contributed by atoms with Gasteiger partial charge in [0, 0.05) is 41.4 Å². The van der Waals surface area contributed by atoms with Gasteiger partial charge in [0.2, 0.25) is 0 Å². The van der Waals surface area contributed by atoms with Crippen molar-refractivity contribution in [1.29, 1.82) is 0 Å². The summed E-state index contributed by atoms with van der Waals surface area (Å²) in [5.74, 6) is -0.860. The first kappa shape index (κ1) is 27.4. The SMILES string of the molecule is CC(C)(CCn1cc(CC(=O)O)c2ccccc21)NC[C@H](O)c1cccc(NS(=O)(=O)c2ccccc2)c1. The molecule has 0 saturated heterocycles. The molecule has 4 aromatic rings. The number of carboxylic acid groups (broad SMARTS) is 1. The first-order valence-electron chi connectivity index (χ1n) is 12.4. The van der Waals surface area contributed by atoms with Gasteiger partial charge in [0.1, 0.15) is 0 Å². The van der Waals surface area contributed by atoms with E-state index in [2.05, 4.69) is 14.6 Å². The molecule has 9 heteroatoms. The maximum Gasteiger partial charge on any atom is 0.307 e. The number of β-amino-alcohol motifs (C(OH)–C–C–N with tert-alkyl or cyclic N) is 1. The lowest BCUT2D eigenvalue weighted by Gasteiger charge is -2.28. The number of aliphatic hydroxyl groups is 1. The van der Waals surface area contributed by atoms with Gasteiger partial charge in [0.05, 0.1) is 17.4 Å². The molecule has 0 saturated carbocycles. The van der Waals surface area contributed by atoms with Crippen LogP contribution < -0.4 is 10.0 Å². The summed E-state index contributed by atoms with van der Waals surface area (Å²) < 4.78 is 29.9. The van der Waals surface area contributed by atoms with Crippen LogP contribution in [0.25, 0.3) is 10.9 Å². The number of hydrogen-bond acceptors (Lipinski definition) is 5.